The van der Waals surface area contributed by atoms with Gasteiger partial charge in [0, 0.05) is 22.2 Å². The average Bonchev–Trinajstić information content (AvgIpc) is 3.34. The smallest absolute Gasteiger partial charge is 0.231 e. The second-order valence-electron chi connectivity index (χ2n) is 6.85. The summed E-state index contributed by atoms with van der Waals surface area (Å²) in [5, 5.41) is 12.4. The highest BCUT2D eigenvalue weighted by Gasteiger charge is 2.15. The third kappa shape index (κ3) is 2.79. The predicted molar refractivity (Wildman–Crippen MR) is 111 cm³/mol. The summed E-state index contributed by atoms with van der Waals surface area (Å²) in [5.41, 5.74) is 5.73. The van der Waals surface area contributed by atoms with Crippen molar-refractivity contribution in [3.05, 3.63) is 66.1 Å². The third-order valence-corrected chi connectivity index (χ3v) is 4.91. The molecule has 138 valence electrons. The average molecular weight is 369 g/mol. The lowest BCUT2D eigenvalue weighted by Crippen LogP contribution is -1.99. The molecule has 28 heavy (non-hydrogen) atoms. The molecule has 2 aromatic carbocycles. The lowest BCUT2D eigenvalue weighted by atomic mass is 10.1. The van der Waals surface area contributed by atoms with E-state index < -0.39 is 0 Å². The van der Waals surface area contributed by atoms with Crippen molar-refractivity contribution in [1.29, 1.82) is 0 Å². The van der Waals surface area contributed by atoms with Crippen LogP contribution in [0.3, 0.4) is 0 Å². The Bertz CT molecular complexity index is 1300. The molecule has 0 radical (unpaired) electrons. The fraction of sp³-hybridized carbons (Fsp3) is 0.136. The van der Waals surface area contributed by atoms with Crippen LogP contribution in [0.15, 0.2) is 59.3 Å². The van der Waals surface area contributed by atoms with Crippen molar-refractivity contribution in [3.8, 4) is 11.4 Å². The van der Waals surface area contributed by atoms with Gasteiger partial charge < -0.3 is 9.73 Å². The van der Waals surface area contributed by atoms with E-state index in [9.17, 15) is 0 Å². The molecule has 3 aromatic heterocycles. The van der Waals surface area contributed by atoms with E-state index in [-0.39, 0.29) is 0 Å². The van der Waals surface area contributed by atoms with Gasteiger partial charge in [0.25, 0.3) is 0 Å². The highest BCUT2D eigenvalue weighted by Crippen LogP contribution is 2.31. The van der Waals surface area contributed by atoms with Crippen molar-refractivity contribution in [2.75, 3.05) is 5.32 Å². The fourth-order valence-electron chi connectivity index (χ4n) is 3.39. The molecule has 6 heteroatoms. The van der Waals surface area contributed by atoms with Crippen molar-refractivity contribution in [2.45, 2.75) is 20.3 Å². The molecular weight excluding hydrogens is 350 g/mol. The zero-order chi connectivity index (χ0) is 19.1. The number of aromatic nitrogens is 4. The van der Waals surface area contributed by atoms with Crippen LogP contribution in [0, 0.1) is 6.92 Å². The van der Waals surface area contributed by atoms with Gasteiger partial charge in [-0.25, -0.2) is 4.98 Å². The summed E-state index contributed by atoms with van der Waals surface area (Å²) in [4.78, 5) is 9.49. The molecule has 0 bridgehead atoms. The minimum atomic E-state index is 0.580. The van der Waals surface area contributed by atoms with Crippen LogP contribution in [-0.2, 0) is 6.42 Å². The van der Waals surface area contributed by atoms with E-state index in [1.807, 2.05) is 37.3 Å². The van der Waals surface area contributed by atoms with Crippen LogP contribution in [0.2, 0.25) is 0 Å². The van der Waals surface area contributed by atoms with Gasteiger partial charge in [-0.05, 0) is 43.2 Å². The molecule has 3 heterocycles. The molecule has 0 fully saturated rings. The zero-order valence-electron chi connectivity index (χ0n) is 15.7. The van der Waals surface area contributed by atoms with Crippen LogP contribution in [-0.4, -0.2) is 20.2 Å². The van der Waals surface area contributed by atoms with E-state index in [0.29, 0.717) is 11.5 Å². The number of anilines is 2. The molecule has 0 atom stereocenters. The summed E-state index contributed by atoms with van der Waals surface area (Å²) in [6.45, 7) is 4.13. The van der Waals surface area contributed by atoms with Crippen LogP contribution in [0.1, 0.15) is 18.1 Å². The molecule has 0 saturated heterocycles. The summed E-state index contributed by atoms with van der Waals surface area (Å²) in [7, 11) is 0. The SMILES string of the molecule is CCc1cccc(-c2nc(Nc3ccc4[nH]ncc4c3)c3c(C)coc3n2)c1. The van der Waals surface area contributed by atoms with Crippen LogP contribution in [0.5, 0.6) is 0 Å². The molecule has 6 nitrogen and oxygen atoms in total. The second kappa shape index (κ2) is 6.49. The van der Waals surface area contributed by atoms with Gasteiger partial charge in [0.15, 0.2) is 5.82 Å². The Morgan fingerprint density at radius 1 is 1.11 bits per heavy atom. The predicted octanol–water partition coefficient (Wildman–Crippen LogP) is 5.38. The molecule has 0 amide bonds. The second-order valence-corrected chi connectivity index (χ2v) is 6.85. The first kappa shape index (κ1) is 16.5. The number of aryl methyl sites for hydroxylation is 2. The number of aromatic amines is 1. The number of hydrogen-bond acceptors (Lipinski definition) is 5. The van der Waals surface area contributed by atoms with E-state index in [0.717, 1.165) is 45.3 Å². The Labute approximate surface area is 161 Å². The Balaban J connectivity index is 1.64. The molecule has 0 aliphatic carbocycles. The number of rotatable bonds is 4. The molecule has 0 unspecified atom stereocenters. The largest absolute Gasteiger partial charge is 0.446 e. The van der Waals surface area contributed by atoms with E-state index in [2.05, 4.69) is 39.6 Å². The molecule has 0 spiro atoms. The van der Waals surface area contributed by atoms with Crippen LogP contribution in [0.4, 0.5) is 11.5 Å². The van der Waals surface area contributed by atoms with Gasteiger partial charge in [-0.15, -0.1) is 0 Å². The number of H-pyrrole nitrogens is 1. The quantitative estimate of drug-likeness (QED) is 0.444. The molecular formula is C22H19N5O. The highest BCUT2D eigenvalue weighted by atomic mass is 16.3. The number of benzene rings is 2. The maximum atomic E-state index is 5.70. The van der Waals surface area contributed by atoms with Crippen molar-refractivity contribution in [1.82, 2.24) is 20.2 Å². The van der Waals surface area contributed by atoms with Gasteiger partial charge in [-0.1, -0.05) is 25.1 Å². The number of nitrogens with zero attached hydrogens (tertiary/aromatic N) is 3. The lowest BCUT2D eigenvalue weighted by molar-refractivity contribution is 0.600. The fourth-order valence-corrected chi connectivity index (χ4v) is 3.39. The number of hydrogen-bond donors (Lipinski definition) is 2. The van der Waals surface area contributed by atoms with E-state index >= 15 is 0 Å². The molecule has 5 rings (SSSR count). The zero-order valence-corrected chi connectivity index (χ0v) is 15.7. The minimum absolute atomic E-state index is 0.580. The number of furan rings is 1. The minimum Gasteiger partial charge on any atom is -0.446 e. The van der Waals surface area contributed by atoms with Crippen molar-refractivity contribution < 1.29 is 4.42 Å². The summed E-state index contributed by atoms with van der Waals surface area (Å²) in [5.74, 6) is 1.38. The van der Waals surface area contributed by atoms with Crippen molar-refractivity contribution >= 4 is 33.5 Å². The van der Waals surface area contributed by atoms with E-state index in [1.165, 1.54) is 5.56 Å². The number of fused-ring (bicyclic) bond motifs is 2. The van der Waals surface area contributed by atoms with Crippen molar-refractivity contribution in [2.24, 2.45) is 0 Å². The summed E-state index contributed by atoms with van der Waals surface area (Å²) in [6.07, 6.45) is 4.49. The Kier molecular flexibility index (Phi) is 3.83. The monoisotopic (exact) mass is 369 g/mol. The van der Waals surface area contributed by atoms with Gasteiger partial charge in [-0.3, -0.25) is 5.10 Å². The maximum Gasteiger partial charge on any atom is 0.231 e. The maximum absolute atomic E-state index is 5.70. The highest BCUT2D eigenvalue weighted by molar-refractivity contribution is 5.93. The molecule has 0 aliphatic heterocycles. The molecule has 2 N–H and O–H groups in total. The Morgan fingerprint density at radius 3 is 2.93 bits per heavy atom. The van der Waals surface area contributed by atoms with Crippen molar-refractivity contribution in [3.63, 3.8) is 0 Å². The summed E-state index contributed by atoms with van der Waals surface area (Å²) in [6, 6.07) is 14.3. The van der Waals surface area contributed by atoms with Crippen LogP contribution in [0.25, 0.3) is 33.4 Å². The van der Waals surface area contributed by atoms with Gasteiger partial charge >= 0.3 is 0 Å². The van der Waals surface area contributed by atoms with Gasteiger partial charge in [0.1, 0.15) is 5.82 Å². The van der Waals surface area contributed by atoms with E-state index in [4.69, 9.17) is 9.40 Å². The first-order chi connectivity index (χ1) is 13.7. The van der Waals surface area contributed by atoms with Gasteiger partial charge in [0.05, 0.1) is 23.4 Å². The Hall–Kier alpha value is -3.67. The third-order valence-electron chi connectivity index (χ3n) is 4.91. The van der Waals surface area contributed by atoms with Gasteiger partial charge in [-0.2, -0.15) is 10.1 Å². The molecule has 0 aliphatic rings. The molecule has 5 aromatic rings. The normalized spacial score (nSPS) is 11.4. The Morgan fingerprint density at radius 2 is 2.04 bits per heavy atom. The van der Waals surface area contributed by atoms with E-state index in [1.54, 1.807) is 12.5 Å². The molecule has 0 saturated carbocycles. The van der Waals surface area contributed by atoms with Crippen LogP contribution < -0.4 is 5.32 Å². The number of nitrogens with one attached hydrogen (secondary N) is 2. The first-order valence-electron chi connectivity index (χ1n) is 9.26. The summed E-state index contributed by atoms with van der Waals surface area (Å²) < 4.78 is 5.70. The lowest BCUT2D eigenvalue weighted by Gasteiger charge is -2.10. The summed E-state index contributed by atoms with van der Waals surface area (Å²) >= 11 is 0. The van der Waals surface area contributed by atoms with Gasteiger partial charge in [0.2, 0.25) is 5.71 Å². The standard InChI is InChI=1S/C22H19N5O/c1-3-14-5-4-6-15(9-14)20-25-21(19-13(2)12-28-22(19)26-20)24-17-7-8-18-16(10-17)11-23-27-18/h4-12H,3H2,1-2H3,(H,23,27)(H,24,25,26). The topological polar surface area (TPSA) is 79.6 Å². The first-order valence-corrected chi connectivity index (χ1v) is 9.26. The van der Waals surface area contributed by atoms with Crippen LogP contribution >= 0.6 is 0 Å².